The van der Waals surface area contributed by atoms with E-state index in [1.165, 1.54) is 5.57 Å². The third-order valence-electron chi connectivity index (χ3n) is 3.81. The van der Waals surface area contributed by atoms with Gasteiger partial charge in [-0.3, -0.25) is 0 Å². The molecule has 1 N–H and O–H groups in total. The first-order chi connectivity index (χ1) is 10.2. The molecule has 0 spiro atoms. The normalized spacial score (nSPS) is 22.4. The summed E-state index contributed by atoms with van der Waals surface area (Å²) in [7, 11) is 2.13. The van der Waals surface area contributed by atoms with Gasteiger partial charge in [0.2, 0.25) is 0 Å². The number of hydrogen-bond acceptors (Lipinski definition) is 4. The van der Waals surface area contributed by atoms with Gasteiger partial charge in [-0.15, -0.1) is 0 Å². The van der Waals surface area contributed by atoms with Crippen molar-refractivity contribution in [1.82, 2.24) is 10.2 Å². The Balaban J connectivity index is 1.52. The van der Waals surface area contributed by atoms with Gasteiger partial charge >= 0.3 is 0 Å². The van der Waals surface area contributed by atoms with Crippen molar-refractivity contribution in [2.45, 2.75) is 6.10 Å². The predicted octanol–water partition coefficient (Wildman–Crippen LogP) is 2.04. The molecular formula is C16H21ClN2O2. The summed E-state index contributed by atoms with van der Waals surface area (Å²) < 4.78 is 11.5. The van der Waals surface area contributed by atoms with Gasteiger partial charge in [0.05, 0.1) is 12.7 Å². The SMILES string of the molecule is CN1CCO[C@H](CNCC2=Cc3cc(Cl)ccc3OC2)C1. The van der Waals surface area contributed by atoms with Crippen molar-refractivity contribution in [3.63, 3.8) is 0 Å². The van der Waals surface area contributed by atoms with Gasteiger partial charge in [-0.1, -0.05) is 11.6 Å². The Morgan fingerprint density at radius 3 is 3.19 bits per heavy atom. The van der Waals surface area contributed by atoms with Crippen molar-refractivity contribution in [3.8, 4) is 5.75 Å². The molecule has 0 amide bonds. The van der Waals surface area contributed by atoms with Gasteiger partial charge in [0.15, 0.2) is 0 Å². The van der Waals surface area contributed by atoms with Gasteiger partial charge in [-0.2, -0.15) is 0 Å². The van der Waals surface area contributed by atoms with E-state index in [2.05, 4.69) is 23.3 Å². The van der Waals surface area contributed by atoms with Crippen molar-refractivity contribution in [1.29, 1.82) is 0 Å². The molecule has 21 heavy (non-hydrogen) atoms. The smallest absolute Gasteiger partial charge is 0.127 e. The molecule has 3 rings (SSSR count). The second-order valence-corrected chi connectivity index (χ2v) is 6.10. The summed E-state index contributed by atoms with van der Waals surface area (Å²) in [6.45, 7) is 5.14. The van der Waals surface area contributed by atoms with E-state index < -0.39 is 0 Å². The summed E-state index contributed by atoms with van der Waals surface area (Å²) in [5.41, 5.74) is 2.29. The van der Waals surface area contributed by atoms with Crippen LogP contribution in [-0.4, -0.2) is 57.4 Å². The van der Waals surface area contributed by atoms with E-state index in [1.807, 2.05) is 18.2 Å². The number of halogens is 1. The number of benzene rings is 1. The molecule has 2 aliphatic rings. The lowest BCUT2D eigenvalue weighted by Gasteiger charge is -2.30. The summed E-state index contributed by atoms with van der Waals surface area (Å²) in [6, 6.07) is 5.72. The second kappa shape index (κ2) is 6.79. The van der Waals surface area contributed by atoms with Gasteiger partial charge in [-0.05, 0) is 36.9 Å². The van der Waals surface area contributed by atoms with Crippen LogP contribution in [0.3, 0.4) is 0 Å². The highest BCUT2D eigenvalue weighted by atomic mass is 35.5. The van der Waals surface area contributed by atoms with Gasteiger partial charge in [0.25, 0.3) is 0 Å². The molecule has 1 aromatic carbocycles. The van der Waals surface area contributed by atoms with Crippen molar-refractivity contribution in [3.05, 3.63) is 34.4 Å². The number of fused-ring (bicyclic) bond motifs is 1. The largest absolute Gasteiger partial charge is 0.489 e. The fraction of sp³-hybridized carbons (Fsp3) is 0.500. The molecule has 1 atom stereocenters. The number of likely N-dealkylation sites (N-methyl/N-ethyl adjacent to an activating group) is 1. The summed E-state index contributed by atoms with van der Waals surface area (Å²) in [6.07, 6.45) is 2.43. The Labute approximate surface area is 130 Å². The Hall–Kier alpha value is -1.07. The Morgan fingerprint density at radius 1 is 1.43 bits per heavy atom. The summed E-state index contributed by atoms with van der Waals surface area (Å²) in [5, 5.41) is 4.20. The average molecular weight is 309 g/mol. The summed E-state index contributed by atoms with van der Waals surface area (Å²) >= 11 is 6.02. The van der Waals surface area contributed by atoms with Crippen molar-refractivity contribution in [2.24, 2.45) is 0 Å². The zero-order valence-electron chi connectivity index (χ0n) is 12.3. The Morgan fingerprint density at radius 2 is 2.33 bits per heavy atom. The maximum Gasteiger partial charge on any atom is 0.127 e. The third-order valence-corrected chi connectivity index (χ3v) is 4.05. The number of morpholine rings is 1. The monoisotopic (exact) mass is 308 g/mol. The van der Waals surface area contributed by atoms with Gasteiger partial charge < -0.3 is 19.7 Å². The quantitative estimate of drug-likeness (QED) is 0.923. The molecule has 0 aliphatic carbocycles. The van der Waals surface area contributed by atoms with Crippen LogP contribution in [0.4, 0.5) is 0 Å². The van der Waals surface area contributed by atoms with E-state index in [-0.39, 0.29) is 6.10 Å². The van der Waals surface area contributed by atoms with Crippen LogP contribution in [0.25, 0.3) is 6.08 Å². The molecule has 1 aromatic rings. The molecule has 4 nitrogen and oxygen atoms in total. The highest BCUT2D eigenvalue weighted by molar-refractivity contribution is 6.30. The molecule has 1 fully saturated rings. The molecule has 114 valence electrons. The molecule has 0 bridgehead atoms. The zero-order chi connectivity index (χ0) is 14.7. The standard InChI is InChI=1S/C16H21ClN2O2/c1-19-4-5-20-15(10-19)9-18-8-12-6-13-7-14(17)2-3-16(13)21-11-12/h2-3,6-7,15,18H,4-5,8-11H2,1H3/t15-/m1/s1. The molecule has 0 saturated carbocycles. The van der Waals surface area contributed by atoms with E-state index in [4.69, 9.17) is 21.1 Å². The van der Waals surface area contributed by atoms with Gasteiger partial charge in [0, 0.05) is 36.8 Å². The fourth-order valence-corrected chi connectivity index (χ4v) is 2.86. The molecule has 2 aliphatic heterocycles. The molecule has 0 unspecified atom stereocenters. The van der Waals surface area contributed by atoms with Crippen LogP contribution in [-0.2, 0) is 4.74 Å². The predicted molar refractivity (Wildman–Crippen MR) is 85.0 cm³/mol. The molecule has 0 radical (unpaired) electrons. The highest BCUT2D eigenvalue weighted by Gasteiger charge is 2.17. The lowest BCUT2D eigenvalue weighted by Crippen LogP contribution is -2.45. The molecule has 2 heterocycles. The van der Waals surface area contributed by atoms with Gasteiger partial charge in [-0.25, -0.2) is 0 Å². The number of nitrogens with zero attached hydrogens (tertiary/aromatic N) is 1. The first-order valence-electron chi connectivity index (χ1n) is 7.33. The second-order valence-electron chi connectivity index (χ2n) is 5.66. The number of ether oxygens (including phenoxy) is 2. The van der Waals surface area contributed by atoms with Crippen molar-refractivity contribution >= 4 is 17.7 Å². The minimum absolute atomic E-state index is 0.274. The van der Waals surface area contributed by atoms with Crippen molar-refractivity contribution in [2.75, 3.05) is 46.4 Å². The van der Waals surface area contributed by atoms with Crippen molar-refractivity contribution < 1.29 is 9.47 Å². The number of rotatable bonds is 4. The van der Waals surface area contributed by atoms with Crippen LogP contribution in [0, 0.1) is 0 Å². The van der Waals surface area contributed by atoms with Crippen LogP contribution in [0.5, 0.6) is 5.75 Å². The molecule has 5 heteroatoms. The van der Waals surface area contributed by atoms with Crippen LogP contribution in [0.15, 0.2) is 23.8 Å². The summed E-state index contributed by atoms with van der Waals surface area (Å²) in [5.74, 6) is 0.903. The Bertz CT molecular complexity index is 533. The first-order valence-corrected chi connectivity index (χ1v) is 7.71. The lowest BCUT2D eigenvalue weighted by atomic mass is 10.1. The van der Waals surface area contributed by atoms with E-state index in [1.54, 1.807) is 0 Å². The van der Waals surface area contributed by atoms with Crippen LogP contribution < -0.4 is 10.1 Å². The first kappa shape index (κ1) is 14.9. The van der Waals surface area contributed by atoms with E-state index >= 15 is 0 Å². The lowest BCUT2D eigenvalue weighted by molar-refractivity contribution is -0.0177. The maximum absolute atomic E-state index is 6.02. The fourth-order valence-electron chi connectivity index (χ4n) is 2.68. The highest BCUT2D eigenvalue weighted by Crippen LogP contribution is 2.28. The number of hydrogen-bond donors (Lipinski definition) is 1. The maximum atomic E-state index is 6.02. The summed E-state index contributed by atoms with van der Waals surface area (Å²) in [4.78, 5) is 2.30. The minimum Gasteiger partial charge on any atom is -0.489 e. The third kappa shape index (κ3) is 3.98. The minimum atomic E-state index is 0.274. The van der Waals surface area contributed by atoms with Gasteiger partial charge in [0.1, 0.15) is 12.4 Å². The van der Waals surface area contributed by atoms with E-state index in [0.29, 0.717) is 6.61 Å². The zero-order valence-corrected chi connectivity index (χ0v) is 13.0. The molecule has 1 saturated heterocycles. The van der Waals surface area contributed by atoms with Crippen LogP contribution in [0.1, 0.15) is 5.56 Å². The van der Waals surface area contributed by atoms with E-state index in [0.717, 1.165) is 49.1 Å². The number of nitrogens with one attached hydrogen (secondary N) is 1. The van der Waals surface area contributed by atoms with Crippen LogP contribution in [0.2, 0.25) is 5.02 Å². The average Bonchev–Trinajstić information content (AvgIpc) is 2.47. The molecular weight excluding hydrogens is 288 g/mol. The molecule has 0 aromatic heterocycles. The Kier molecular flexibility index (Phi) is 4.80. The topological polar surface area (TPSA) is 33.7 Å². The van der Waals surface area contributed by atoms with Crippen LogP contribution >= 0.6 is 11.6 Å². The van der Waals surface area contributed by atoms with E-state index in [9.17, 15) is 0 Å².